The second kappa shape index (κ2) is 3.32. The summed E-state index contributed by atoms with van der Waals surface area (Å²) in [5.74, 6) is 0. The van der Waals surface area contributed by atoms with Crippen molar-refractivity contribution < 1.29 is 13.5 Å². The predicted molar refractivity (Wildman–Crippen MR) is 38.6 cm³/mol. The molecule has 1 unspecified atom stereocenters. The Morgan fingerprint density at radius 1 is 1.70 bits per heavy atom. The molecular weight excluding hydrogens is 154 g/mol. The lowest BCUT2D eigenvalue weighted by Crippen LogP contribution is -2.35. The molecule has 0 aromatic heterocycles. The van der Waals surface area contributed by atoms with Crippen LogP contribution in [0.5, 0.6) is 0 Å². The number of sulfonamides is 1. The highest BCUT2D eigenvalue weighted by Crippen LogP contribution is 2.01. The maximum Gasteiger partial charge on any atom is 0.213 e. The average Bonchev–Trinajstić information content (AvgIpc) is 1.83. The molecule has 0 spiro atoms. The van der Waals surface area contributed by atoms with Gasteiger partial charge in [-0.2, -0.15) is 4.31 Å². The van der Waals surface area contributed by atoms with Crippen LogP contribution in [0.4, 0.5) is 0 Å². The van der Waals surface area contributed by atoms with Gasteiger partial charge in [0.15, 0.2) is 0 Å². The summed E-state index contributed by atoms with van der Waals surface area (Å²) in [4.78, 5) is 0. The molecule has 0 heterocycles. The van der Waals surface area contributed by atoms with E-state index in [-0.39, 0.29) is 6.42 Å². The summed E-state index contributed by atoms with van der Waals surface area (Å²) in [6, 6.07) is 0. The Hall–Kier alpha value is -0.130. The van der Waals surface area contributed by atoms with Crippen molar-refractivity contribution in [3.63, 3.8) is 0 Å². The fourth-order valence-electron chi connectivity index (χ4n) is 0.403. The summed E-state index contributed by atoms with van der Waals surface area (Å²) in [5, 5.41) is 8.95. The van der Waals surface area contributed by atoms with Gasteiger partial charge in [-0.15, -0.1) is 0 Å². The number of aliphatic hydroxyl groups is 1. The zero-order valence-electron chi connectivity index (χ0n) is 6.11. The van der Waals surface area contributed by atoms with Gasteiger partial charge >= 0.3 is 0 Å². The van der Waals surface area contributed by atoms with Crippen molar-refractivity contribution in [2.75, 3.05) is 13.3 Å². The fraction of sp³-hybridized carbons (Fsp3) is 0.800. The van der Waals surface area contributed by atoms with Crippen molar-refractivity contribution in [2.45, 2.75) is 12.6 Å². The Kier molecular flexibility index (Phi) is 3.27. The smallest absolute Gasteiger partial charge is 0.213 e. The highest BCUT2D eigenvalue weighted by molar-refractivity contribution is 7.88. The Labute approximate surface area is 61.5 Å². The molecule has 0 aliphatic heterocycles. The van der Waals surface area contributed by atoms with Crippen LogP contribution in [0.3, 0.4) is 0 Å². The number of nitrogens with zero attached hydrogens (tertiary/aromatic N) is 1. The molecule has 10 heavy (non-hydrogen) atoms. The monoisotopic (exact) mass is 166 g/mol. The highest BCUT2D eigenvalue weighted by Gasteiger charge is 2.17. The largest absolute Gasteiger partial charge is 0.377 e. The SMILES string of the molecule is [CH2]CC(O)N(C)S(C)(=O)=O. The van der Waals surface area contributed by atoms with Crippen LogP contribution in [-0.2, 0) is 10.0 Å². The van der Waals surface area contributed by atoms with Crippen LogP contribution in [0.15, 0.2) is 0 Å². The van der Waals surface area contributed by atoms with E-state index < -0.39 is 16.3 Å². The standard InChI is InChI=1S/C5H12NO3S/c1-4-5(7)6(2)10(3,8)9/h5,7H,1,4H2,2-3H3. The van der Waals surface area contributed by atoms with Crippen LogP contribution in [-0.4, -0.2) is 37.4 Å². The Morgan fingerprint density at radius 2 is 2.10 bits per heavy atom. The molecule has 0 aromatic carbocycles. The van der Waals surface area contributed by atoms with Gasteiger partial charge in [0.05, 0.1) is 6.26 Å². The Bertz CT molecular complexity index is 187. The van der Waals surface area contributed by atoms with Crippen molar-refractivity contribution in [2.24, 2.45) is 0 Å². The van der Waals surface area contributed by atoms with Gasteiger partial charge in [-0.3, -0.25) is 0 Å². The summed E-state index contributed by atoms with van der Waals surface area (Å²) >= 11 is 0. The van der Waals surface area contributed by atoms with E-state index in [4.69, 9.17) is 5.11 Å². The van der Waals surface area contributed by atoms with E-state index in [2.05, 4.69) is 6.92 Å². The molecule has 5 heteroatoms. The molecule has 1 N–H and O–H groups in total. The van der Waals surface area contributed by atoms with Gasteiger partial charge in [0.2, 0.25) is 10.0 Å². The minimum Gasteiger partial charge on any atom is -0.377 e. The van der Waals surface area contributed by atoms with E-state index in [1.54, 1.807) is 0 Å². The van der Waals surface area contributed by atoms with E-state index in [1.165, 1.54) is 7.05 Å². The van der Waals surface area contributed by atoms with Gasteiger partial charge in [0.1, 0.15) is 6.23 Å². The van der Waals surface area contributed by atoms with Crippen LogP contribution in [0, 0.1) is 6.92 Å². The van der Waals surface area contributed by atoms with Crippen LogP contribution >= 0.6 is 0 Å². The molecule has 61 valence electrons. The average molecular weight is 166 g/mol. The summed E-state index contributed by atoms with van der Waals surface area (Å²) in [6.07, 6.45) is 0.185. The summed E-state index contributed by atoms with van der Waals surface area (Å²) in [7, 11) is -1.96. The maximum atomic E-state index is 10.7. The van der Waals surface area contributed by atoms with Crippen LogP contribution < -0.4 is 0 Å². The fourth-order valence-corrected chi connectivity index (χ4v) is 0.950. The third-order valence-corrected chi connectivity index (χ3v) is 2.49. The topological polar surface area (TPSA) is 57.6 Å². The lowest BCUT2D eigenvalue weighted by atomic mass is 10.4. The first-order chi connectivity index (χ1) is 4.39. The molecule has 0 aliphatic rings. The predicted octanol–water partition coefficient (Wildman–Crippen LogP) is -0.580. The van der Waals surface area contributed by atoms with E-state index in [0.717, 1.165) is 10.6 Å². The number of aliphatic hydroxyl groups excluding tert-OH is 1. The molecule has 0 saturated carbocycles. The van der Waals surface area contributed by atoms with E-state index in [1.807, 2.05) is 0 Å². The quantitative estimate of drug-likeness (QED) is 0.571. The van der Waals surface area contributed by atoms with Crippen molar-refractivity contribution in [3.8, 4) is 0 Å². The molecular formula is C5H12NO3S. The first-order valence-electron chi connectivity index (χ1n) is 2.80. The molecule has 0 bridgehead atoms. The molecule has 0 rings (SSSR count). The minimum absolute atomic E-state index is 0.156. The first kappa shape index (κ1) is 9.87. The van der Waals surface area contributed by atoms with Crippen molar-refractivity contribution >= 4 is 10.0 Å². The minimum atomic E-state index is -3.27. The van der Waals surface area contributed by atoms with Crippen LogP contribution in [0.2, 0.25) is 0 Å². The van der Waals surface area contributed by atoms with Gasteiger partial charge in [-0.1, -0.05) is 0 Å². The van der Waals surface area contributed by atoms with Gasteiger partial charge in [-0.25, -0.2) is 8.42 Å². The number of hydrogen-bond donors (Lipinski definition) is 1. The van der Waals surface area contributed by atoms with E-state index >= 15 is 0 Å². The van der Waals surface area contributed by atoms with Gasteiger partial charge in [0.25, 0.3) is 0 Å². The molecule has 1 atom stereocenters. The Morgan fingerprint density at radius 3 is 2.20 bits per heavy atom. The first-order valence-corrected chi connectivity index (χ1v) is 4.64. The van der Waals surface area contributed by atoms with Gasteiger partial charge < -0.3 is 5.11 Å². The summed E-state index contributed by atoms with van der Waals surface area (Å²) in [5.41, 5.74) is 0. The van der Waals surface area contributed by atoms with Crippen molar-refractivity contribution in [1.29, 1.82) is 0 Å². The third-order valence-electron chi connectivity index (χ3n) is 1.20. The third kappa shape index (κ3) is 2.64. The molecule has 1 radical (unpaired) electrons. The maximum absolute atomic E-state index is 10.7. The lowest BCUT2D eigenvalue weighted by molar-refractivity contribution is 0.0812. The second-order valence-corrected chi connectivity index (χ2v) is 4.09. The van der Waals surface area contributed by atoms with E-state index in [0.29, 0.717) is 0 Å². The van der Waals surface area contributed by atoms with E-state index in [9.17, 15) is 8.42 Å². The van der Waals surface area contributed by atoms with Crippen LogP contribution in [0.1, 0.15) is 6.42 Å². The normalized spacial score (nSPS) is 15.7. The highest BCUT2D eigenvalue weighted by atomic mass is 32.2. The summed E-state index contributed by atoms with van der Waals surface area (Å²) in [6.45, 7) is 3.36. The molecule has 0 fully saturated rings. The Balaban J connectivity index is 4.23. The number of rotatable bonds is 3. The van der Waals surface area contributed by atoms with Gasteiger partial charge in [0, 0.05) is 7.05 Å². The second-order valence-electron chi connectivity index (χ2n) is 2.05. The number of hydrogen-bond acceptors (Lipinski definition) is 3. The molecule has 0 saturated heterocycles. The molecule has 0 aliphatic carbocycles. The lowest BCUT2D eigenvalue weighted by Gasteiger charge is -2.18. The molecule has 4 nitrogen and oxygen atoms in total. The zero-order chi connectivity index (χ0) is 8.36. The van der Waals surface area contributed by atoms with Crippen molar-refractivity contribution in [3.05, 3.63) is 6.92 Å². The summed E-state index contributed by atoms with van der Waals surface area (Å²) < 4.78 is 22.2. The molecule has 0 amide bonds. The van der Waals surface area contributed by atoms with Gasteiger partial charge in [-0.05, 0) is 13.3 Å². The van der Waals surface area contributed by atoms with Crippen LogP contribution in [0.25, 0.3) is 0 Å². The molecule has 0 aromatic rings. The van der Waals surface area contributed by atoms with Crippen molar-refractivity contribution in [1.82, 2.24) is 4.31 Å². The zero-order valence-corrected chi connectivity index (χ0v) is 6.93.